The van der Waals surface area contributed by atoms with Crippen LogP contribution in [0.25, 0.3) is 0 Å². The van der Waals surface area contributed by atoms with Crippen molar-refractivity contribution in [3.63, 3.8) is 0 Å². The first-order valence-electron chi connectivity index (χ1n) is 8.34. The number of nitrogens with zero attached hydrogens (tertiary/aromatic N) is 3. The van der Waals surface area contributed by atoms with Gasteiger partial charge in [-0.25, -0.2) is 9.67 Å². The molecule has 0 radical (unpaired) electrons. The number of rotatable bonds is 5. The number of aromatic nitrogens is 3. The fourth-order valence-electron chi connectivity index (χ4n) is 2.92. The van der Waals surface area contributed by atoms with Crippen LogP contribution in [-0.2, 0) is 9.59 Å². The van der Waals surface area contributed by atoms with Crippen LogP contribution in [0.3, 0.4) is 0 Å². The Balaban J connectivity index is 1.55. The van der Waals surface area contributed by atoms with Gasteiger partial charge in [-0.05, 0) is 50.5 Å². The number of hydrogen-bond acceptors (Lipinski definition) is 5. The molecule has 0 bridgehead atoms. The SMILES string of the molecule is CC(C(=O)Nc1ccc(NC(=O)C2CCC(N)C2)cc1)n1cncn1. The highest BCUT2D eigenvalue weighted by molar-refractivity contribution is 5.95. The van der Waals surface area contributed by atoms with E-state index in [-0.39, 0.29) is 23.8 Å². The number of carbonyl (C=O) groups is 2. The molecular formula is C17H22N6O2. The van der Waals surface area contributed by atoms with Gasteiger partial charge in [0.1, 0.15) is 18.7 Å². The van der Waals surface area contributed by atoms with Gasteiger partial charge < -0.3 is 16.4 Å². The van der Waals surface area contributed by atoms with E-state index < -0.39 is 6.04 Å². The van der Waals surface area contributed by atoms with Gasteiger partial charge in [0.2, 0.25) is 11.8 Å². The third-order valence-electron chi connectivity index (χ3n) is 4.48. The van der Waals surface area contributed by atoms with Crippen molar-refractivity contribution in [3.05, 3.63) is 36.9 Å². The maximum Gasteiger partial charge on any atom is 0.249 e. The van der Waals surface area contributed by atoms with Crippen molar-refractivity contribution in [2.24, 2.45) is 11.7 Å². The van der Waals surface area contributed by atoms with E-state index in [1.807, 2.05) is 0 Å². The number of nitrogens with one attached hydrogen (secondary N) is 2. The molecule has 2 aromatic rings. The molecule has 132 valence electrons. The molecule has 8 nitrogen and oxygen atoms in total. The average molecular weight is 342 g/mol. The zero-order valence-electron chi connectivity index (χ0n) is 14.1. The Morgan fingerprint density at radius 2 is 1.88 bits per heavy atom. The first kappa shape index (κ1) is 17.1. The lowest BCUT2D eigenvalue weighted by Crippen LogP contribution is -2.24. The van der Waals surface area contributed by atoms with Crippen LogP contribution >= 0.6 is 0 Å². The molecule has 0 spiro atoms. The van der Waals surface area contributed by atoms with Crippen LogP contribution in [0, 0.1) is 5.92 Å². The van der Waals surface area contributed by atoms with Gasteiger partial charge in [-0.15, -0.1) is 0 Å². The average Bonchev–Trinajstić information content (AvgIpc) is 3.27. The highest BCUT2D eigenvalue weighted by Gasteiger charge is 2.27. The molecular weight excluding hydrogens is 320 g/mol. The molecule has 3 unspecified atom stereocenters. The van der Waals surface area contributed by atoms with Crippen molar-refractivity contribution < 1.29 is 9.59 Å². The van der Waals surface area contributed by atoms with E-state index in [0.29, 0.717) is 11.4 Å². The van der Waals surface area contributed by atoms with Gasteiger partial charge in [-0.1, -0.05) is 0 Å². The Kier molecular flexibility index (Phi) is 5.08. The molecule has 8 heteroatoms. The largest absolute Gasteiger partial charge is 0.328 e. The molecule has 25 heavy (non-hydrogen) atoms. The van der Waals surface area contributed by atoms with Crippen molar-refractivity contribution in [1.82, 2.24) is 14.8 Å². The van der Waals surface area contributed by atoms with E-state index in [9.17, 15) is 9.59 Å². The van der Waals surface area contributed by atoms with Gasteiger partial charge in [0.15, 0.2) is 0 Å². The van der Waals surface area contributed by atoms with Gasteiger partial charge >= 0.3 is 0 Å². The summed E-state index contributed by atoms with van der Waals surface area (Å²) in [7, 11) is 0. The molecule has 1 aliphatic carbocycles. The fraction of sp³-hybridized carbons (Fsp3) is 0.412. The molecule has 3 atom stereocenters. The number of benzene rings is 1. The van der Waals surface area contributed by atoms with Crippen molar-refractivity contribution in [1.29, 1.82) is 0 Å². The summed E-state index contributed by atoms with van der Waals surface area (Å²) in [5.74, 6) is -0.204. The molecule has 2 amide bonds. The van der Waals surface area contributed by atoms with Crippen LogP contribution in [0.1, 0.15) is 32.2 Å². The molecule has 1 aliphatic rings. The monoisotopic (exact) mass is 342 g/mol. The molecule has 0 saturated heterocycles. The minimum atomic E-state index is -0.464. The van der Waals surface area contributed by atoms with E-state index in [1.54, 1.807) is 31.2 Å². The normalized spacial score (nSPS) is 20.9. The van der Waals surface area contributed by atoms with Crippen LogP contribution in [0.5, 0.6) is 0 Å². The van der Waals surface area contributed by atoms with Crippen LogP contribution < -0.4 is 16.4 Å². The molecule has 1 fully saturated rings. The van der Waals surface area contributed by atoms with Crippen molar-refractivity contribution in [3.8, 4) is 0 Å². The number of anilines is 2. The summed E-state index contributed by atoms with van der Waals surface area (Å²) in [6.45, 7) is 1.74. The second-order valence-corrected chi connectivity index (χ2v) is 6.38. The summed E-state index contributed by atoms with van der Waals surface area (Å²) in [4.78, 5) is 28.2. The molecule has 1 heterocycles. The number of hydrogen-bond donors (Lipinski definition) is 3. The smallest absolute Gasteiger partial charge is 0.249 e. The summed E-state index contributed by atoms with van der Waals surface area (Å²) in [5.41, 5.74) is 7.20. The van der Waals surface area contributed by atoms with E-state index in [4.69, 9.17) is 5.73 Å². The Hall–Kier alpha value is -2.74. The van der Waals surface area contributed by atoms with Crippen LogP contribution in [0.15, 0.2) is 36.9 Å². The van der Waals surface area contributed by atoms with Gasteiger partial charge in [0.05, 0.1) is 0 Å². The van der Waals surface area contributed by atoms with Crippen molar-refractivity contribution in [2.45, 2.75) is 38.3 Å². The fourth-order valence-corrected chi connectivity index (χ4v) is 2.92. The standard InChI is InChI=1S/C17H22N6O2/c1-11(23-10-19-9-20-23)16(24)21-14-4-6-15(7-5-14)22-17(25)12-2-3-13(18)8-12/h4-7,9-13H,2-3,8,18H2,1H3,(H,21,24)(H,22,25). The van der Waals surface area contributed by atoms with Crippen LogP contribution in [-0.4, -0.2) is 32.6 Å². The highest BCUT2D eigenvalue weighted by Crippen LogP contribution is 2.25. The summed E-state index contributed by atoms with van der Waals surface area (Å²) in [5, 5.41) is 9.67. The lowest BCUT2D eigenvalue weighted by Gasteiger charge is -2.13. The Bertz CT molecular complexity index is 728. The lowest BCUT2D eigenvalue weighted by atomic mass is 10.1. The number of amides is 2. The lowest BCUT2D eigenvalue weighted by molar-refractivity contribution is -0.120. The molecule has 1 saturated carbocycles. The topological polar surface area (TPSA) is 115 Å². The number of nitrogens with two attached hydrogens (primary N) is 1. The van der Waals surface area contributed by atoms with E-state index in [1.165, 1.54) is 17.3 Å². The van der Waals surface area contributed by atoms with Gasteiger partial charge in [0, 0.05) is 23.3 Å². The summed E-state index contributed by atoms with van der Waals surface area (Å²) < 4.78 is 1.48. The van der Waals surface area contributed by atoms with Gasteiger partial charge in [-0.2, -0.15) is 5.10 Å². The molecule has 4 N–H and O–H groups in total. The predicted molar refractivity (Wildman–Crippen MR) is 93.8 cm³/mol. The third-order valence-corrected chi connectivity index (χ3v) is 4.48. The van der Waals surface area contributed by atoms with Crippen molar-refractivity contribution in [2.75, 3.05) is 10.6 Å². The first-order chi connectivity index (χ1) is 12.0. The van der Waals surface area contributed by atoms with E-state index in [2.05, 4.69) is 20.7 Å². The summed E-state index contributed by atoms with van der Waals surface area (Å²) >= 11 is 0. The minimum absolute atomic E-state index is 0.00420. The Morgan fingerprint density at radius 1 is 1.20 bits per heavy atom. The number of carbonyl (C=O) groups excluding carboxylic acids is 2. The quantitative estimate of drug-likeness (QED) is 0.762. The maximum absolute atomic E-state index is 12.2. The minimum Gasteiger partial charge on any atom is -0.328 e. The molecule has 1 aromatic carbocycles. The summed E-state index contributed by atoms with van der Waals surface area (Å²) in [6.07, 6.45) is 5.35. The highest BCUT2D eigenvalue weighted by atomic mass is 16.2. The van der Waals surface area contributed by atoms with Gasteiger partial charge in [-0.3, -0.25) is 9.59 Å². The van der Waals surface area contributed by atoms with Crippen molar-refractivity contribution >= 4 is 23.2 Å². The van der Waals surface area contributed by atoms with E-state index >= 15 is 0 Å². The maximum atomic E-state index is 12.2. The predicted octanol–water partition coefficient (Wildman–Crippen LogP) is 1.54. The second kappa shape index (κ2) is 7.43. The van der Waals surface area contributed by atoms with Crippen LogP contribution in [0.2, 0.25) is 0 Å². The molecule has 3 rings (SSSR count). The third kappa shape index (κ3) is 4.21. The van der Waals surface area contributed by atoms with Crippen LogP contribution in [0.4, 0.5) is 11.4 Å². The summed E-state index contributed by atoms with van der Waals surface area (Å²) in [6, 6.07) is 6.70. The zero-order valence-corrected chi connectivity index (χ0v) is 14.1. The van der Waals surface area contributed by atoms with Gasteiger partial charge in [0.25, 0.3) is 0 Å². The zero-order chi connectivity index (χ0) is 17.8. The molecule has 1 aromatic heterocycles. The molecule has 0 aliphatic heterocycles. The first-order valence-corrected chi connectivity index (χ1v) is 8.34. The Labute approximate surface area is 145 Å². The van der Waals surface area contributed by atoms with E-state index in [0.717, 1.165) is 19.3 Å². The second-order valence-electron chi connectivity index (χ2n) is 6.38. The Morgan fingerprint density at radius 3 is 2.44 bits per heavy atom.